The zero-order chi connectivity index (χ0) is 22.0. The van der Waals surface area contributed by atoms with Crippen molar-refractivity contribution in [2.24, 2.45) is 17.1 Å². The van der Waals surface area contributed by atoms with E-state index in [1.807, 2.05) is 42.5 Å². The molecule has 0 aromatic heterocycles. The number of nitrogens with two attached hydrogens (primary N) is 1. The molecule has 0 spiro atoms. The minimum Gasteiger partial charge on any atom is -0.497 e. The maximum atomic E-state index is 10.2. The summed E-state index contributed by atoms with van der Waals surface area (Å²) in [6.07, 6.45) is 3.60. The molecule has 0 heterocycles. The van der Waals surface area contributed by atoms with Crippen molar-refractivity contribution in [3.63, 3.8) is 0 Å². The Morgan fingerprint density at radius 3 is 2.23 bits per heavy atom. The molecule has 4 rings (SSSR count). The molecule has 0 unspecified atom stereocenters. The van der Waals surface area contributed by atoms with Crippen LogP contribution in [-0.2, 0) is 0 Å². The molecule has 0 bridgehead atoms. The summed E-state index contributed by atoms with van der Waals surface area (Å²) in [4.78, 5) is 0. The topological polar surface area (TPSA) is 107 Å². The van der Waals surface area contributed by atoms with Crippen molar-refractivity contribution in [3.8, 4) is 24.0 Å². The lowest BCUT2D eigenvalue weighted by atomic mass is 9.55. The van der Waals surface area contributed by atoms with Gasteiger partial charge < -0.3 is 10.5 Å². The molecule has 0 radical (unpaired) electrons. The summed E-state index contributed by atoms with van der Waals surface area (Å²) in [6.45, 7) is 0. The second-order valence-corrected chi connectivity index (χ2v) is 8.03. The second-order valence-electron chi connectivity index (χ2n) is 8.03. The van der Waals surface area contributed by atoms with Crippen LogP contribution in [0, 0.1) is 45.3 Å². The van der Waals surface area contributed by atoms with Gasteiger partial charge in [-0.05, 0) is 53.5 Å². The van der Waals surface area contributed by atoms with Crippen molar-refractivity contribution in [2.45, 2.75) is 24.7 Å². The summed E-state index contributed by atoms with van der Waals surface area (Å²) in [5.74, 6) is 0.281. The molecule has 152 valence electrons. The third-order valence-corrected chi connectivity index (χ3v) is 6.62. The first-order valence-electron chi connectivity index (χ1n) is 10.2. The molecular formula is C26H22N4O. The van der Waals surface area contributed by atoms with Crippen molar-refractivity contribution in [2.75, 3.05) is 7.11 Å². The van der Waals surface area contributed by atoms with E-state index in [-0.39, 0.29) is 23.1 Å². The highest BCUT2D eigenvalue weighted by Crippen LogP contribution is 2.57. The number of methoxy groups -OCH3 is 1. The molecule has 31 heavy (non-hydrogen) atoms. The predicted octanol–water partition coefficient (Wildman–Crippen LogP) is 4.68. The SMILES string of the molecule is COc1ccc([C@@H]2[C@H]3C[C@H](c4ccccc4)CC=C3C(C#N)=C(N)C2(C#N)C#N)cc1. The number of hydrogen-bond donors (Lipinski definition) is 1. The highest BCUT2D eigenvalue weighted by molar-refractivity contribution is 5.59. The molecule has 0 saturated carbocycles. The molecule has 2 aliphatic carbocycles. The van der Waals surface area contributed by atoms with Crippen LogP contribution in [0.2, 0.25) is 0 Å². The van der Waals surface area contributed by atoms with Gasteiger partial charge in [0.1, 0.15) is 11.8 Å². The maximum Gasteiger partial charge on any atom is 0.191 e. The van der Waals surface area contributed by atoms with Gasteiger partial charge in [-0.25, -0.2) is 0 Å². The highest BCUT2D eigenvalue weighted by Gasteiger charge is 2.54. The number of rotatable bonds is 3. The van der Waals surface area contributed by atoms with Crippen LogP contribution in [0.5, 0.6) is 5.75 Å². The van der Waals surface area contributed by atoms with E-state index in [1.54, 1.807) is 7.11 Å². The van der Waals surface area contributed by atoms with Crippen LogP contribution in [0.4, 0.5) is 0 Å². The molecule has 3 atom stereocenters. The minimum absolute atomic E-state index is 0.0569. The number of hydrogen-bond acceptors (Lipinski definition) is 5. The third kappa shape index (κ3) is 3.14. The lowest BCUT2D eigenvalue weighted by Crippen LogP contribution is -2.43. The van der Waals surface area contributed by atoms with E-state index < -0.39 is 11.3 Å². The van der Waals surface area contributed by atoms with E-state index in [4.69, 9.17) is 10.5 Å². The summed E-state index contributed by atoms with van der Waals surface area (Å²) >= 11 is 0. The van der Waals surface area contributed by atoms with Gasteiger partial charge in [0, 0.05) is 5.92 Å². The Morgan fingerprint density at radius 1 is 0.968 bits per heavy atom. The van der Waals surface area contributed by atoms with Crippen molar-refractivity contribution < 1.29 is 4.74 Å². The van der Waals surface area contributed by atoms with Crippen LogP contribution in [0.25, 0.3) is 0 Å². The van der Waals surface area contributed by atoms with Gasteiger partial charge in [-0.2, -0.15) is 15.8 Å². The first-order valence-corrected chi connectivity index (χ1v) is 10.2. The number of nitrogens with zero attached hydrogens (tertiary/aromatic N) is 3. The molecule has 2 N–H and O–H groups in total. The van der Waals surface area contributed by atoms with Gasteiger partial charge in [0.2, 0.25) is 0 Å². The lowest BCUT2D eigenvalue weighted by molar-refractivity contribution is 0.302. The molecule has 2 aliphatic rings. The zero-order valence-corrected chi connectivity index (χ0v) is 17.2. The van der Waals surface area contributed by atoms with Gasteiger partial charge in [-0.1, -0.05) is 48.5 Å². The fourth-order valence-electron chi connectivity index (χ4n) is 5.08. The van der Waals surface area contributed by atoms with Gasteiger partial charge in [-0.3, -0.25) is 0 Å². The zero-order valence-electron chi connectivity index (χ0n) is 17.2. The quantitative estimate of drug-likeness (QED) is 0.796. The molecule has 5 heteroatoms. The number of allylic oxidation sites excluding steroid dienone is 4. The lowest BCUT2D eigenvalue weighted by Gasteiger charge is -2.45. The average Bonchev–Trinajstić information content (AvgIpc) is 2.84. The first-order chi connectivity index (χ1) is 15.1. The van der Waals surface area contributed by atoms with Gasteiger partial charge >= 0.3 is 0 Å². The van der Waals surface area contributed by atoms with Crippen LogP contribution in [0.3, 0.4) is 0 Å². The number of ether oxygens (including phenoxy) is 1. The Balaban J connectivity index is 1.91. The van der Waals surface area contributed by atoms with E-state index in [0.29, 0.717) is 5.75 Å². The highest BCUT2D eigenvalue weighted by atomic mass is 16.5. The fourth-order valence-corrected chi connectivity index (χ4v) is 5.08. The normalized spacial score (nSPS) is 24.1. The minimum atomic E-state index is -1.61. The fraction of sp³-hybridized carbons (Fsp3) is 0.269. The monoisotopic (exact) mass is 406 g/mol. The van der Waals surface area contributed by atoms with Gasteiger partial charge in [0.15, 0.2) is 5.41 Å². The van der Waals surface area contributed by atoms with Gasteiger partial charge in [0.05, 0.1) is 30.5 Å². The van der Waals surface area contributed by atoms with E-state index >= 15 is 0 Å². The van der Waals surface area contributed by atoms with Crippen molar-refractivity contribution in [3.05, 3.63) is 88.6 Å². The average molecular weight is 406 g/mol. The smallest absolute Gasteiger partial charge is 0.191 e. The van der Waals surface area contributed by atoms with Crippen molar-refractivity contribution in [1.82, 2.24) is 0 Å². The maximum absolute atomic E-state index is 10.2. The molecule has 0 fully saturated rings. The summed E-state index contributed by atoms with van der Waals surface area (Å²) < 4.78 is 5.28. The Kier molecular flexibility index (Phi) is 5.24. The van der Waals surface area contributed by atoms with Gasteiger partial charge in [0.25, 0.3) is 0 Å². The molecule has 2 aromatic carbocycles. The molecule has 2 aromatic rings. The largest absolute Gasteiger partial charge is 0.497 e. The van der Waals surface area contributed by atoms with E-state index in [1.165, 1.54) is 5.56 Å². The van der Waals surface area contributed by atoms with E-state index in [2.05, 4.69) is 36.4 Å². The molecule has 0 amide bonds. The number of nitriles is 3. The summed E-state index contributed by atoms with van der Waals surface area (Å²) in [6, 6.07) is 24.2. The summed E-state index contributed by atoms with van der Waals surface area (Å²) in [5, 5.41) is 30.2. The molecular weight excluding hydrogens is 384 g/mol. The van der Waals surface area contributed by atoms with Crippen LogP contribution < -0.4 is 10.5 Å². The Morgan fingerprint density at radius 2 is 1.65 bits per heavy atom. The number of fused-ring (bicyclic) bond motifs is 1. The standard InChI is InChI=1S/C26H22N4O/c1-31-20-10-7-18(8-11-20)24-22-13-19(17-5-3-2-4-6-17)9-12-21(22)23(14-27)25(30)26(24,15-28)16-29/h2-8,10-12,19,22,24H,9,13,30H2,1H3/t19-,22+,24-/m1/s1. The second kappa shape index (κ2) is 8.02. The number of benzene rings is 2. The van der Waals surface area contributed by atoms with Crippen molar-refractivity contribution in [1.29, 1.82) is 15.8 Å². The first kappa shape index (κ1) is 20.3. The van der Waals surface area contributed by atoms with Crippen LogP contribution in [-0.4, -0.2) is 7.11 Å². The third-order valence-electron chi connectivity index (χ3n) is 6.62. The predicted molar refractivity (Wildman–Crippen MR) is 116 cm³/mol. The Hall–Kier alpha value is -4.01. The van der Waals surface area contributed by atoms with Crippen LogP contribution in [0.1, 0.15) is 35.8 Å². The summed E-state index contributed by atoms with van der Waals surface area (Å²) in [7, 11) is 1.59. The molecule has 0 aliphatic heterocycles. The van der Waals surface area contributed by atoms with Crippen LogP contribution in [0.15, 0.2) is 77.5 Å². The summed E-state index contributed by atoms with van der Waals surface area (Å²) in [5.41, 5.74) is 8.01. The van der Waals surface area contributed by atoms with Gasteiger partial charge in [-0.15, -0.1) is 0 Å². The van der Waals surface area contributed by atoms with E-state index in [0.717, 1.165) is 24.0 Å². The van der Waals surface area contributed by atoms with Crippen LogP contribution >= 0.6 is 0 Å². The van der Waals surface area contributed by atoms with Crippen molar-refractivity contribution >= 4 is 0 Å². The van der Waals surface area contributed by atoms with E-state index in [9.17, 15) is 15.8 Å². The molecule has 5 nitrogen and oxygen atoms in total. The Labute approximate surface area is 182 Å². The molecule has 0 saturated heterocycles. The Bertz CT molecular complexity index is 1160.